The number of hydrogen-bond donors (Lipinski definition) is 2. The Morgan fingerprint density at radius 3 is 1.98 bits per heavy atom. The third-order valence-electron chi connectivity index (χ3n) is 8.32. The van der Waals surface area contributed by atoms with E-state index in [9.17, 15) is 29.4 Å². The molecule has 0 saturated heterocycles. The average Bonchev–Trinajstić information content (AvgIpc) is 3.15. The lowest BCUT2D eigenvalue weighted by atomic mass is 9.74. The summed E-state index contributed by atoms with van der Waals surface area (Å²) in [6.45, 7) is 12.4. The fourth-order valence-electron chi connectivity index (χ4n) is 6.33. The largest absolute Gasteiger partial charge is 0.459 e. The summed E-state index contributed by atoms with van der Waals surface area (Å²) in [5.41, 5.74) is -2.06. The molecule has 1 aromatic carbocycles. The molecule has 0 spiro atoms. The van der Waals surface area contributed by atoms with Gasteiger partial charge in [-0.05, 0) is 37.0 Å². The van der Waals surface area contributed by atoms with Crippen molar-refractivity contribution < 1.29 is 48.3 Å². The van der Waals surface area contributed by atoms with Crippen molar-refractivity contribution in [3.63, 3.8) is 0 Å². The summed E-state index contributed by atoms with van der Waals surface area (Å²) in [5.74, 6) is -4.41. The van der Waals surface area contributed by atoms with E-state index in [0.29, 0.717) is 11.1 Å². The first-order chi connectivity index (χ1) is 20.0. The van der Waals surface area contributed by atoms with Crippen LogP contribution in [-0.2, 0) is 33.3 Å². The van der Waals surface area contributed by atoms with Crippen LogP contribution in [0.1, 0.15) is 72.2 Å². The lowest BCUT2D eigenvalue weighted by Gasteiger charge is -2.42. The number of benzene rings is 1. The van der Waals surface area contributed by atoms with E-state index < -0.39 is 77.2 Å². The summed E-state index contributed by atoms with van der Waals surface area (Å²) in [4.78, 5) is 49.9. The summed E-state index contributed by atoms with van der Waals surface area (Å²) in [7, 11) is 0. The molecule has 0 aliphatic heterocycles. The van der Waals surface area contributed by atoms with Gasteiger partial charge in [-0.25, -0.2) is 4.79 Å². The number of carbonyl (C=O) groups excluding carboxylic acids is 4. The highest BCUT2D eigenvalue weighted by atomic mass is 16.6. The second-order valence-corrected chi connectivity index (χ2v) is 12.5. The van der Waals surface area contributed by atoms with Gasteiger partial charge < -0.3 is 29.2 Å². The number of aliphatic hydroxyl groups is 2. The molecular formula is C33H44O10. The highest BCUT2D eigenvalue weighted by Crippen LogP contribution is 2.49. The Morgan fingerprint density at radius 1 is 0.860 bits per heavy atom. The van der Waals surface area contributed by atoms with Gasteiger partial charge in [-0.15, -0.1) is 0 Å². The van der Waals surface area contributed by atoms with Crippen molar-refractivity contribution in [1.82, 2.24) is 0 Å². The summed E-state index contributed by atoms with van der Waals surface area (Å²) >= 11 is 0. The molecule has 0 amide bonds. The number of aliphatic hydroxyl groups excluding tert-OH is 1. The molecule has 0 aromatic heterocycles. The van der Waals surface area contributed by atoms with Crippen LogP contribution in [-0.4, -0.2) is 70.2 Å². The van der Waals surface area contributed by atoms with E-state index >= 15 is 0 Å². The Morgan fingerprint density at radius 2 is 1.42 bits per heavy atom. The molecule has 43 heavy (non-hydrogen) atoms. The van der Waals surface area contributed by atoms with Gasteiger partial charge in [0.05, 0.1) is 5.56 Å². The van der Waals surface area contributed by atoms with E-state index in [1.165, 1.54) is 20.8 Å². The molecule has 0 bridgehead atoms. The molecule has 2 aliphatic carbocycles. The molecule has 1 aromatic rings. The van der Waals surface area contributed by atoms with Crippen molar-refractivity contribution in [3.8, 4) is 0 Å². The van der Waals surface area contributed by atoms with Crippen LogP contribution in [0.3, 0.4) is 0 Å². The molecule has 236 valence electrons. The Bertz CT molecular complexity index is 1250. The maximum atomic E-state index is 13.2. The average molecular weight is 601 g/mol. The van der Waals surface area contributed by atoms with Gasteiger partial charge in [0.2, 0.25) is 0 Å². The van der Waals surface area contributed by atoms with Crippen LogP contribution >= 0.6 is 0 Å². The number of rotatable bonds is 5. The molecule has 3 rings (SSSR count). The quantitative estimate of drug-likeness (QED) is 0.290. The van der Waals surface area contributed by atoms with E-state index in [1.54, 1.807) is 76.3 Å². The third-order valence-corrected chi connectivity index (χ3v) is 8.32. The van der Waals surface area contributed by atoms with Crippen LogP contribution in [0.15, 0.2) is 54.1 Å². The zero-order chi connectivity index (χ0) is 32.3. The molecule has 9 atom stereocenters. The minimum Gasteiger partial charge on any atom is -0.459 e. The molecule has 2 aliphatic rings. The van der Waals surface area contributed by atoms with E-state index in [1.807, 2.05) is 6.92 Å². The summed E-state index contributed by atoms with van der Waals surface area (Å²) in [6, 6.07) is 8.43. The first-order valence-electron chi connectivity index (χ1n) is 14.5. The summed E-state index contributed by atoms with van der Waals surface area (Å²) in [5, 5.41) is 24.1. The fraction of sp³-hybridized carbons (Fsp3) is 0.576. The number of ether oxygens (including phenoxy) is 4. The van der Waals surface area contributed by atoms with Crippen molar-refractivity contribution in [2.24, 2.45) is 23.2 Å². The van der Waals surface area contributed by atoms with Gasteiger partial charge in [-0.2, -0.15) is 0 Å². The predicted octanol–water partition coefficient (Wildman–Crippen LogP) is 3.93. The van der Waals surface area contributed by atoms with Crippen LogP contribution in [0.25, 0.3) is 0 Å². The van der Waals surface area contributed by atoms with E-state index in [0.717, 1.165) is 0 Å². The monoisotopic (exact) mass is 600 g/mol. The topological polar surface area (TPSA) is 146 Å². The van der Waals surface area contributed by atoms with Gasteiger partial charge >= 0.3 is 23.9 Å². The van der Waals surface area contributed by atoms with Gasteiger partial charge in [0.25, 0.3) is 0 Å². The lowest BCUT2D eigenvalue weighted by molar-refractivity contribution is -0.176. The van der Waals surface area contributed by atoms with Crippen molar-refractivity contribution in [2.45, 2.75) is 97.9 Å². The Kier molecular flexibility index (Phi) is 10.6. The van der Waals surface area contributed by atoms with Crippen LogP contribution < -0.4 is 0 Å². The van der Waals surface area contributed by atoms with E-state index in [4.69, 9.17) is 18.9 Å². The van der Waals surface area contributed by atoms with Gasteiger partial charge in [-0.3, -0.25) is 14.4 Å². The molecule has 2 N–H and O–H groups in total. The zero-order valence-electron chi connectivity index (χ0n) is 26.1. The zero-order valence-corrected chi connectivity index (χ0v) is 26.1. The molecule has 10 nitrogen and oxygen atoms in total. The third kappa shape index (κ3) is 7.72. The number of carbonyl (C=O) groups is 4. The van der Waals surface area contributed by atoms with Crippen LogP contribution in [0.2, 0.25) is 0 Å². The molecule has 1 saturated carbocycles. The van der Waals surface area contributed by atoms with Gasteiger partial charge in [-0.1, -0.05) is 64.1 Å². The molecule has 0 heterocycles. The van der Waals surface area contributed by atoms with Gasteiger partial charge in [0.15, 0.2) is 6.10 Å². The van der Waals surface area contributed by atoms with Gasteiger partial charge in [0, 0.05) is 38.0 Å². The number of fused-ring (bicyclic) bond motifs is 1. The highest BCUT2D eigenvalue weighted by molar-refractivity contribution is 5.89. The number of hydrogen-bond acceptors (Lipinski definition) is 10. The number of esters is 4. The Balaban J connectivity index is 2.25. The standard InChI is InChI=1S/C33H44O10/c1-18-14-15-32(7,8)30(42-23(6)36)26(37)28(40-21(4)34)19(2)16-25-27(43-31(38)24-12-10-9-11-13-24)20(3)17-33(25,39)29(18)41-22(5)35/h9-16,18,20,25-30,37,39H,17H2,1-8H3/b15-14+,19-16+/t18-,20-,25-,26-,27-,28-,29-,30+,33+/m0/s1. The first kappa shape index (κ1) is 34.0. The SMILES string of the molecule is CC(=O)O[C@@H]1[C@@H](O)[C@@H](OC(C)=O)/C(C)=C/[C@H]2[C@@H](OC(=O)c3ccccc3)[C@@H](C)C[C@]2(O)[C@@H](OC(C)=O)[C@@H](C)/C=C/C1(C)C. The molecule has 1 fully saturated rings. The lowest BCUT2D eigenvalue weighted by Crippen LogP contribution is -2.53. The maximum absolute atomic E-state index is 13.2. The molecule has 10 heteroatoms. The molecule has 0 radical (unpaired) electrons. The second-order valence-electron chi connectivity index (χ2n) is 12.5. The van der Waals surface area contributed by atoms with Crippen LogP contribution in [0.5, 0.6) is 0 Å². The van der Waals surface area contributed by atoms with E-state index in [2.05, 4.69) is 0 Å². The van der Waals surface area contributed by atoms with Crippen molar-refractivity contribution >= 4 is 23.9 Å². The maximum Gasteiger partial charge on any atom is 0.338 e. The first-order valence-corrected chi connectivity index (χ1v) is 14.5. The minimum atomic E-state index is -1.72. The van der Waals surface area contributed by atoms with Crippen molar-refractivity contribution in [2.75, 3.05) is 0 Å². The summed E-state index contributed by atoms with van der Waals surface area (Å²) < 4.78 is 23.0. The van der Waals surface area contributed by atoms with Gasteiger partial charge in [0.1, 0.15) is 30.0 Å². The van der Waals surface area contributed by atoms with Crippen LogP contribution in [0, 0.1) is 23.2 Å². The Hall–Kier alpha value is -3.50. The minimum absolute atomic E-state index is 0.116. The van der Waals surface area contributed by atoms with Crippen molar-refractivity contribution in [1.29, 1.82) is 0 Å². The predicted molar refractivity (Wildman–Crippen MR) is 156 cm³/mol. The Labute approximate surface area is 253 Å². The van der Waals surface area contributed by atoms with Crippen molar-refractivity contribution in [3.05, 3.63) is 59.7 Å². The molecular weight excluding hydrogens is 556 g/mol. The smallest absolute Gasteiger partial charge is 0.338 e. The normalized spacial score (nSPS) is 35.9. The fourth-order valence-corrected chi connectivity index (χ4v) is 6.33. The second kappa shape index (κ2) is 13.4. The summed E-state index contributed by atoms with van der Waals surface area (Å²) in [6.07, 6.45) is -0.706. The molecule has 0 unspecified atom stereocenters. The van der Waals surface area contributed by atoms with E-state index in [-0.39, 0.29) is 12.3 Å². The van der Waals surface area contributed by atoms with Crippen LogP contribution in [0.4, 0.5) is 0 Å². The highest BCUT2D eigenvalue weighted by Gasteiger charge is 2.59.